The zero-order chi connectivity index (χ0) is 14.9. The molecule has 5 nitrogen and oxygen atoms in total. The first-order valence-corrected chi connectivity index (χ1v) is 5.86. The molecule has 6 heteroatoms. The summed E-state index contributed by atoms with van der Waals surface area (Å²) >= 11 is 0. The van der Waals surface area contributed by atoms with Crippen molar-refractivity contribution in [2.75, 3.05) is 5.32 Å². The third kappa shape index (κ3) is 2.54. The van der Waals surface area contributed by atoms with Gasteiger partial charge in [-0.3, -0.25) is 4.79 Å². The average Bonchev–Trinajstić information content (AvgIpc) is 2.72. The minimum Gasteiger partial charge on any atom is -0.478 e. The predicted molar refractivity (Wildman–Crippen MR) is 71.5 cm³/mol. The molecule has 0 aliphatic carbocycles. The van der Waals surface area contributed by atoms with Gasteiger partial charge in [0.25, 0.3) is 5.91 Å². The van der Waals surface area contributed by atoms with Crippen molar-refractivity contribution in [3.05, 3.63) is 53.1 Å². The van der Waals surface area contributed by atoms with Crippen LogP contribution in [0.5, 0.6) is 0 Å². The molecule has 0 atom stereocenters. The second-order valence-corrected chi connectivity index (χ2v) is 4.37. The fourth-order valence-electron chi connectivity index (χ4n) is 1.83. The predicted octanol–water partition coefficient (Wildman–Crippen LogP) is 2.42. The van der Waals surface area contributed by atoms with E-state index in [1.54, 1.807) is 23.7 Å². The molecule has 0 saturated heterocycles. The van der Waals surface area contributed by atoms with E-state index in [1.807, 2.05) is 6.92 Å². The number of carbonyl (C=O) groups is 2. The summed E-state index contributed by atoms with van der Waals surface area (Å²) in [7, 11) is 1.73. The molecule has 0 bridgehead atoms. The number of aryl methyl sites for hydroxylation is 1. The van der Waals surface area contributed by atoms with Gasteiger partial charge in [0.15, 0.2) is 0 Å². The molecule has 104 valence electrons. The Bertz CT molecular complexity index is 692. The average molecular weight is 276 g/mol. The van der Waals surface area contributed by atoms with Crippen LogP contribution < -0.4 is 5.32 Å². The quantitative estimate of drug-likeness (QED) is 0.904. The molecule has 0 saturated carbocycles. The largest absolute Gasteiger partial charge is 0.478 e. The number of nitrogens with zero attached hydrogens (tertiary/aromatic N) is 1. The van der Waals surface area contributed by atoms with Crippen LogP contribution in [0.2, 0.25) is 0 Å². The van der Waals surface area contributed by atoms with E-state index in [-0.39, 0.29) is 11.3 Å². The van der Waals surface area contributed by atoms with Crippen molar-refractivity contribution in [1.29, 1.82) is 0 Å². The molecule has 2 rings (SSSR count). The number of rotatable bonds is 3. The fourth-order valence-corrected chi connectivity index (χ4v) is 1.83. The second-order valence-electron chi connectivity index (χ2n) is 4.37. The summed E-state index contributed by atoms with van der Waals surface area (Å²) in [5, 5.41) is 11.5. The van der Waals surface area contributed by atoms with Gasteiger partial charge < -0.3 is 15.0 Å². The molecular formula is C14H13FN2O3. The lowest BCUT2D eigenvalue weighted by Crippen LogP contribution is -2.18. The SMILES string of the molecule is Cc1ccc(C(=O)Nc2ccc(F)cc2C(=O)O)n1C. The number of amides is 1. The summed E-state index contributed by atoms with van der Waals surface area (Å²) in [6, 6.07) is 6.60. The van der Waals surface area contributed by atoms with E-state index < -0.39 is 17.7 Å². The van der Waals surface area contributed by atoms with E-state index >= 15 is 0 Å². The van der Waals surface area contributed by atoms with E-state index in [0.717, 1.165) is 17.8 Å². The number of anilines is 1. The zero-order valence-corrected chi connectivity index (χ0v) is 11.0. The van der Waals surface area contributed by atoms with Crippen molar-refractivity contribution < 1.29 is 19.1 Å². The highest BCUT2D eigenvalue weighted by molar-refractivity contribution is 6.07. The minimum atomic E-state index is -1.30. The van der Waals surface area contributed by atoms with Gasteiger partial charge in [-0.15, -0.1) is 0 Å². The normalized spacial score (nSPS) is 10.3. The van der Waals surface area contributed by atoms with Crippen molar-refractivity contribution in [3.63, 3.8) is 0 Å². The van der Waals surface area contributed by atoms with Gasteiger partial charge in [-0.2, -0.15) is 0 Å². The number of benzene rings is 1. The summed E-state index contributed by atoms with van der Waals surface area (Å²) < 4.78 is 14.7. The van der Waals surface area contributed by atoms with Gasteiger partial charge >= 0.3 is 5.97 Å². The Morgan fingerprint density at radius 1 is 1.25 bits per heavy atom. The number of aromatic nitrogens is 1. The molecule has 1 heterocycles. The van der Waals surface area contributed by atoms with Crippen molar-refractivity contribution in [2.24, 2.45) is 7.05 Å². The summed E-state index contributed by atoms with van der Waals surface area (Å²) in [4.78, 5) is 23.1. The van der Waals surface area contributed by atoms with Gasteiger partial charge in [-0.1, -0.05) is 0 Å². The zero-order valence-electron chi connectivity index (χ0n) is 11.0. The molecule has 0 unspecified atom stereocenters. The number of nitrogens with one attached hydrogen (secondary N) is 1. The van der Waals surface area contributed by atoms with Gasteiger partial charge in [0.2, 0.25) is 0 Å². The first-order valence-electron chi connectivity index (χ1n) is 5.86. The number of carboxylic acids is 1. The van der Waals surface area contributed by atoms with Crippen molar-refractivity contribution in [3.8, 4) is 0 Å². The molecule has 0 radical (unpaired) electrons. The van der Waals surface area contributed by atoms with Gasteiger partial charge in [0, 0.05) is 12.7 Å². The summed E-state index contributed by atoms with van der Waals surface area (Å²) in [6.07, 6.45) is 0. The monoisotopic (exact) mass is 276 g/mol. The molecule has 1 aromatic carbocycles. The van der Waals surface area contributed by atoms with Crippen LogP contribution in [0.15, 0.2) is 30.3 Å². The smallest absolute Gasteiger partial charge is 0.337 e. The molecule has 1 aromatic heterocycles. The van der Waals surface area contributed by atoms with Crippen LogP contribution >= 0.6 is 0 Å². The number of carbonyl (C=O) groups excluding carboxylic acids is 1. The van der Waals surface area contributed by atoms with Crippen LogP contribution in [0.1, 0.15) is 26.5 Å². The van der Waals surface area contributed by atoms with Gasteiger partial charge in [-0.25, -0.2) is 9.18 Å². The van der Waals surface area contributed by atoms with E-state index in [9.17, 15) is 14.0 Å². The van der Waals surface area contributed by atoms with E-state index in [0.29, 0.717) is 5.69 Å². The second kappa shape index (κ2) is 5.16. The standard InChI is InChI=1S/C14H13FN2O3/c1-8-3-6-12(17(8)2)13(18)16-11-5-4-9(15)7-10(11)14(19)20/h3-7H,1-2H3,(H,16,18)(H,19,20). The number of halogens is 1. The molecule has 2 aromatic rings. The molecule has 0 aliphatic rings. The maximum absolute atomic E-state index is 13.1. The summed E-state index contributed by atoms with van der Waals surface area (Å²) in [5.41, 5.74) is 1.06. The van der Waals surface area contributed by atoms with Crippen molar-refractivity contribution in [2.45, 2.75) is 6.92 Å². The third-order valence-electron chi connectivity index (χ3n) is 3.07. The molecule has 2 N–H and O–H groups in total. The first kappa shape index (κ1) is 13.8. The van der Waals surface area contributed by atoms with Crippen LogP contribution in [-0.4, -0.2) is 21.6 Å². The van der Waals surface area contributed by atoms with Gasteiger partial charge in [0.05, 0.1) is 11.3 Å². The Balaban J connectivity index is 2.33. The number of hydrogen-bond acceptors (Lipinski definition) is 2. The Morgan fingerprint density at radius 3 is 2.50 bits per heavy atom. The van der Waals surface area contributed by atoms with Gasteiger partial charge in [0.1, 0.15) is 11.5 Å². The van der Waals surface area contributed by atoms with Crippen LogP contribution in [0.4, 0.5) is 10.1 Å². The van der Waals surface area contributed by atoms with Crippen molar-refractivity contribution in [1.82, 2.24) is 4.57 Å². The highest BCUT2D eigenvalue weighted by Gasteiger charge is 2.16. The van der Waals surface area contributed by atoms with Crippen LogP contribution in [0, 0.1) is 12.7 Å². The van der Waals surface area contributed by atoms with Crippen molar-refractivity contribution >= 4 is 17.6 Å². The first-order chi connectivity index (χ1) is 9.40. The molecule has 0 spiro atoms. The lowest BCUT2D eigenvalue weighted by Gasteiger charge is -2.09. The summed E-state index contributed by atoms with van der Waals surface area (Å²) in [5.74, 6) is -2.42. The van der Waals surface area contributed by atoms with Crippen LogP contribution in [-0.2, 0) is 7.05 Å². The maximum Gasteiger partial charge on any atom is 0.337 e. The van der Waals surface area contributed by atoms with Gasteiger partial charge in [-0.05, 0) is 37.3 Å². The highest BCUT2D eigenvalue weighted by atomic mass is 19.1. The lowest BCUT2D eigenvalue weighted by atomic mass is 10.1. The topological polar surface area (TPSA) is 71.3 Å². The maximum atomic E-state index is 13.1. The van der Waals surface area contributed by atoms with E-state index in [1.165, 1.54) is 6.07 Å². The fraction of sp³-hybridized carbons (Fsp3) is 0.143. The molecule has 0 aliphatic heterocycles. The number of hydrogen-bond donors (Lipinski definition) is 2. The number of carboxylic acid groups (broad SMARTS) is 1. The Kier molecular flexibility index (Phi) is 3.56. The highest BCUT2D eigenvalue weighted by Crippen LogP contribution is 2.18. The van der Waals surface area contributed by atoms with Crippen LogP contribution in [0.25, 0.3) is 0 Å². The van der Waals surface area contributed by atoms with Crippen LogP contribution in [0.3, 0.4) is 0 Å². The summed E-state index contributed by atoms with van der Waals surface area (Å²) in [6.45, 7) is 1.84. The Morgan fingerprint density at radius 2 is 1.95 bits per heavy atom. The molecular weight excluding hydrogens is 263 g/mol. The molecule has 1 amide bonds. The van der Waals surface area contributed by atoms with E-state index in [2.05, 4.69) is 5.32 Å². The lowest BCUT2D eigenvalue weighted by molar-refractivity contribution is 0.0697. The number of aromatic carboxylic acids is 1. The van der Waals surface area contributed by atoms with E-state index in [4.69, 9.17) is 5.11 Å². The Labute approximate surface area is 114 Å². The molecule has 0 fully saturated rings. The third-order valence-corrected chi connectivity index (χ3v) is 3.07. The Hall–Kier alpha value is -2.63. The molecule has 20 heavy (non-hydrogen) atoms. The minimum absolute atomic E-state index is 0.0581.